The van der Waals surface area contributed by atoms with Crippen LogP contribution in [0.1, 0.15) is 13.3 Å². The number of halogens is 2. The Balaban J connectivity index is 2.78. The molecule has 10 heteroatoms. The number of nitrogens with two attached hydrogens (primary N) is 1. The number of sulfonamides is 1. The summed E-state index contributed by atoms with van der Waals surface area (Å²) in [5.41, 5.74) is 0. The molecule has 0 aromatic heterocycles. The Morgan fingerprint density at radius 2 is 1.67 bits per heavy atom. The van der Waals surface area contributed by atoms with Crippen molar-refractivity contribution >= 4 is 43.1 Å². The minimum absolute atomic E-state index is 0.00595. The molecular weight excluding hydrogens is 361 g/mol. The number of rotatable bonds is 7. The van der Waals surface area contributed by atoms with Crippen LogP contribution in [-0.2, 0) is 19.9 Å². The Hall–Kier alpha value is -0.540. The first-order valence-electron chi connectivity index (χ1n) is 5.92. The molecule has 0 atom stereocenters. The van der Waals surface area contributed by atoms with Crippen LogP contribution < -0.4 is 9.88 Å². The Bertz CT molecular complexity index is 693. The minimum atomic E-state index is -3.92. The second-order valence-electron chi connectivity index (χ2n) is 4.20. The number of primary sulfonamides is 1. The molecule has 0 radical (unpaired) electrons. The number of sulfone groups is 1. The molecule has 0 saturated heterocycles. The molecule has 1 aromatic rings. The van der Waals surface area contributed by atoms with E-state index in [2.05, 4.69) is 0 Å². The van der Waals surface area contributed by atoms with E-state index in [1.165, 1.54) is 0 Å². The van der Waals surface area contributed by atoms with Gasteiger partial charge >= 0.3 is 0 Å². The van der Waals surface area contributed by atoms with E-state index in [9.17, 15) is 16.8 Å². The molecule has 2 N–H and O–H groups in total. The molecule has 0 fully saturated rings. The number of hydrogen-bond donors (Lipinski definition) is 1. The topological polar surface area (TPSA) is 104 Å². The van der Waals surface area contributed by atoms with Gasteiger partial charge in [0.25, 0.3) is 0 Å². The van der Waals surface area contributed by atoms with Gasteiger partial charge in [0.05, 0.1) is 27.3 Å². The van der Waals surface area contributed by atoms with Crippen LogP contribution in [0.25, 0.3) is 0 Å². The summed E-state index contributed by atoms with van der Waals surface area (Å²) in [6.45, 7) is 1.66. The van der Waals surface area contributed by atoms with E-state index >= 15 is 0 Å². The summed E-state index contributed by atoms with van der Waals surface area (Å²) in [6.07, 6.45) is 0.278. The molecule has 6 nitrogen and oxygen atoms in total. The molecule has 0 aliphatic carbocycles. The van der Waals surface area contributed by atoms with Crippen molar-refractivity contribution in [1.29, 1.82) is 0 Å². The molecule has 0 aliphatic rings. The van der Waals surface area contributed by atoms with Gasteiger partial charge in [-0.05, 0) is 18.6 Å². The van der Waals surface area contributed by atoms with Gasteiger partial charge in [-0.15, -0.1) is 0 Å². The zero-order valence-corrected chi connectivity index (χ0v) is 14.3. The highest BCUT2D eigenvalue weighted by atomic mass is 35.5. The fraction of sp³-hybridized carbons (Fsp3) is 0.455. The van der Waals surface area contributed by atoms with E-state index in [-0.39, 0.29) is 45.2 Å². The van der Waals surface area contributed by atoms with E-state index in [1.807, 2.05) is 0 Å². The number of ether oxygens (including phenoxy) is 1. The van der Waals surface area contributed by atoms with E-state index < -0.39 is 19.9 Å². The Morgan fingerprint density at radius 3 is 2.10 bits per heavy atom. The van der Waals surface area contributed by atoms with Gasteiger partial charge in [0, 0.05) is 5.75 Å². The highest BCUT2D eigenvalue weighted by Crippen LogP contribution is 2.35. The highest BCUT2D eigenvalue weighted by molar-refractivity contribution is 7.91. The summed E-state index contributed by atoms with van der Waals surface area (Å²) in [6, 6.07) is 2.25. The van der Waals surface area contributed by atoms with Gasteiger partial charge in [0.1, 0.15) is 9.84 Å². The lowest BCUT2D eigenvalue weighted by atomic mass is 10.3. The highest BCUT2D eigenvalue weighted by Gasteiger charge is 2.16. The first-order valence-corrected chi connectivity index (χ1v) is 10.0. The van der Waals surface area contributed by atoms with Crippen LogP contribution in [0, 0.1) is 0 Å². The van der Waals surface area contributed by atoms with Gasteiger partial charge in [0.2, 0.25) is 10.0 Å². The van der Waals surface area contributed by atoms with Gasteiger partial charge in [-0.2, -0.15) is 0 Å². The molecule has 0 heterocycles. The zero-order chi connectivity index (χ0) is 16.3. The predicted octanol–water partition coefficient (Wildman–Crippen LogP) is 1.84. The summed E-state index contributed by atoms with van der Waals surface area (Å²) < 4.78 is 50.3. The predicted molar refractivity (Wildman–Crippen MR) is 82.3 cm³/mol. The van der Waals surface area contributed by atoms with E-state index in [0.29, 0.717) is 0 Å². The summed E-state index contributed by atoms with van der Waals surface area (Å²) in [5, 5.41) is 4.96. The molecule has 0 saturated carbocycles. The Kier molecular flexibility index (Phi) is 6.30. The van der Waals surface area contributed by atoms with Crippen molar-refractivity contribution < 1.29 is 21.6 Å². The molecular formula is C11H15Cl2NO5S2. The minimum Gasteiger partial charge on any atom is -0.490 e. The van der Waals surface area contributed by atoms with Crippen LogP contribution in [0.4, 0.5) is 0 Å². The van der Waals surface area contributed by atoms with Crippen molar-refractivity contribution in [3.63, 3.8) is 0 Å². The maximum Gasteiger partial charge on any atom is 0.238 e. The number of benzene rings is 1. The standard InChI is InChI=1S/C11H15Cl2NO5S2/c1-2-20(15,16)5-3-4-19-11-9(12)6-8(7-10(11)13)21(14,17)18/h6-7H,2-5H2,1H3,(H2,14,17,18). The third kappa shape index (κ3) is 5.63. The average molecular weight is 376 g/mol. The third-order valence-corrected chi connectivity index (χ3v) is 5.83. The molecule has 0 aliphatic heterocycles. The summed E-state index contributed by atoms with van der Waals surface area (Å²) >= 11 is 11.8. The van der Waals surface area contributed by atoms with Gasteiger partial charge in [-0.1, -0.05) is 30.1 Å². The fourth-order valence-electron chi connectivity index (χ4n) is 1.44. The van der Waals surface area contributed by atoms with Crippen molar-refractivity contribution in [3.05, 3.63) is 22.2 Å². The Labute approximate surface area is 134 Å². The molecule has 120 valence electrons. The van der Waals surface area contributed by atoms with Crippen LogP contribution in [0.5, 0.6) is 5.75 Å². The first kappa shape index (κ1) is 18.5. The smallest absolute Gasteiger partial charge is 0.238 e. The van der Waals surface area contributed by atoms with E-state index in [1.54, 1.807) is 6.92 Å². The molecule has 1 aromatic carbocycles. The lowest BCUT2D eigenvalue weighted by Gasteiger charge is -2.11. The maximum absolute atomic E-state index is 11.3. The molecule has 1 rings (SSSR count). The second kappa shape index (κ2) is 7.15. The van der Waals surface area contributed by atoms with E-state index in [0.717, 1.165) is 12.1 Å². The van der Waals surface area contributed by atoms with Crippen LogP contribution >= 0.6 is 23.2 Å². The zero-order valence-electron chi connectivity index (χ0n) is 11.2. The van der Waals surface area contributed by atoms with Crippen LogP contribution in [0.2, 0.25) is 10.0 Å². The molecule has 0 bridgehead atoms. The lowest BCUT2D eigenvalue weighted by Crippen LogP contribution is -2.13. The first-order chi connectivity index (χ1) is 9.57. The molecule has 0 spiro atoms. The van der Waals surface area contributed by atoms with Crippen molar-refractivity contribution in [3.8, 4) is 5.75 Å². The van der Waals surface area contributed by atoms with Crippen molar-refractivity contribution in [2.24, 2.45) is 5.14 Å². The van der Waals surface area contributed by atoms with Gasteiger partial charge in [0.15, 0.2) is 5.75 Å². The van der Waals surface area contributed by atoms with Crippen molar-refractivity contribution in [2.75, 3.05) is 18.1 Å². The normalized spacial score (nSPS) is 12.4. The lowest BCUT2D eigenvalue weighted by molar-refractivity contribution is 0.318. The van der Waals surface area contributed by atoms with Gasteiger partial charge < -0.3 is 4.74 Å². The molecule has 21 heavy (non-hydrogen) atoms. The summed E-state index contributed by atoms with van der Waals surface area (Å²) in [7, 11) is -6.98. The van der Waals surface area contributed by atoms with Gasteiger partial charge in [-0.25, -0.2) is 22.0 Å². The van der Waals surface area contributed by atoms with Gasteiger partial charge in [-0.3, -0.25) is 0 Å². The third-order valence-electron chi connectivity index (χ3n) is 2.59. The summed E-state index contributed by atoms with van der Waals surface area (Å²) in [4.78, 5) is -0.224. The number of hydrogen-bond acceptors (Lipinski definition) is 5. The van der Waals surface area contributed by atoms with Crippen LogP contribution in [0.15, 0.2) is 17.0 Å². The average Bonchev–Trinajstić information content (AvgIpc) is 2.35. The Morgan fingerprint density at radius 1 is 1.14 bits per heavy atom. The maximum atomic E-state index is 11.3. The SMILES string of the molecule is CCS(=O)(=O)CCCOc1c(Cl)cc(S(N)(=O)=O)cc1Cl. The van der Waals surface area contributed by atoms with Crippen LogP contribution in [0.3, 0.4) is 0 Å². The van der Waals surface area contributed by atoms with Crippen molar-refractivity contribution in [1.82, 2.24) is 0 Å². The second-order valence-corrected chi connectivity index (χ2v) is 9.05. The molecule has 0 amide bonds. The monoisotopic (exact) mass is 375 g/mol. The molecule has 0 unspecified atom stereocenters. The summed E-state index contributed by atoms with van der Waals surface area (Å²) in [5.74, 6) is 0.158. The quantitative estimate of drug-likeness (QED) is 0.732. The largest absolute Gasteiger partial charge is 0.490 e. The fourth-order valence-corrected chi connectivity index (χ4v) is 3.57. The van der Waals surface area contributed by atoms with Crippen molar-refractivity contribution in [2.45, 2.75) is 18.2 Å². The van der Waals surface area contributed by atoms with E-state index in [4.69, 9.17) is 33.1 Å². The van der Waals surface area contributed by atoms with Crippen LogP contribution in [-0.4, -0.2) is 34.9 Å².